The Morgan fingerprint density at radius 3 is 2.95 bits per heavy atom. The molecule has 0 aliphatic carbocycles. The minimum Gasteiger partial charge on any atom is -0.379 e. The molecule has 0 radical (unpaired) electrons. The van der Waals surface area contributed by atoms with Crippen molar-refractivity contribution in [2.45, 2.75) is 13.5 Å². The molecule has 3 rings (SSSR count). The summed E-state index contributed by atoms with van der Waals surface area (Å²) in [6, 6.07) is 13.3. The van der Waals surface area contributed by atoms with Gasteiger partial charge in [0, 0.05) is 11.9 Å². The number of fused-ring (bicyclic) bond motifs is 1. The lowest BCUT2D eigenvalue weighted by molar-refractivity contribution is 0.987. The fourth-order valence-corrected chi connectivity index (χ4v) is 2.50. The Labute approximate surface area is 127 Å². The molecule has 4 nitrogen and oxygen atoms in total. The molecule has 21 heavy (non-hydrogen) atoms. The summed E-state index contributed by atoms with van der Waals surface area (Å²) in [6.45, 7) is 2.63. The average molecular weight is 297 g/mol. The van der Waals surface area contributed by atoms with E-state index in [1.165, 1.54) is 0 Å². The summed E-state index contributed by atoms with van der Waals surface area (Å²) >= 11 is 6.04. The van der Waals surface area contributed by atoms with Gasteiger partial charge in [0.25, 0.3) is 0 Å². The smallest absolute Gasteiger partial charge is 0.137 e. The Balaban J connectivity index is 1.85. The first-order valence-corrected chi connectivity index (χ1v) is 6.93. The average Bonchev–Trinajstić information content (AvgIpc) is 2.81. The number of anilines is 1. The Kier molecular flexibility index (Phi) is 3.51. The predicted molar refractivity (Wildman–Crippen MR) is 83.4 cm³/mol. The summed E-state index contributed by atoms with van der Waals surface area (Å²) < 4.78 is 2.06. The van der Waals surface area contributed by atoms with Crippen molar-refractivity contribution in [1.82, 2.24) is 9.38 Å². The molecule has 104 valence electrons. The fraction of sp³-hybridized carbons (Fsp3) is 0.125. The molecule has 2 aromatic heterocycles. The van der Waals surface area contributed by atoms with Gasteiger partial charge in [0.2, 0.25) is 0 Å². The third-order valence-electron chi connectivity index (χ3n) is 3.38. The minimum atomic E-state index is 0.456. The number of nitriles is 1. The van der Waals surface area contributed by atoms with Crippen LogP contribution >= 0.6 is 11.6 Å². The molecule has 5 heteroatoms. The maximum Gasteiger partial charge on any atom is 0.137 e. The first-order valence-electron chi connectivity index (χ1n) is 6.55. The van der Waals surface area contributed by atoms with E-state index in [2.05, 4.69) is 20.8 Å². The van der Waals surface area contributed by atoms with Crippen molar-refractivity contribution in [3.05, 3.63) is 64.6 Å². The SMILES string of the molecule is Cc1nc2ccccn2c1CNc1ccc(C#N)c(Cl)c1. The van der Waals surface area contributed by atoms with E-state index in [0.29, 0.717) is 17.1 Å². The molecule has 0 amide bonds. The van der Waals surface area contributed by atoms with E-state index in [-0.39, 0.29) is 0 Å². The summed E-state index contributed by atoms with van der Waals surface area (Å²) in [4.78, 5) is 4.52. The zero-order valence-electron chi connectivity index (χ0n) is 11.5. The number of aryl methyl sites for hydroxylation is 1. The normalized spacial score (nSPS) is 10.5. The summed E-state index contributed by atoms with van der Waals surface area (Å²) in [6.07, 6.45) is 2.00. The second-order valence-electron chi connectivity index (χ2n) is 4.73. The van der Waals surface area contributed by atoms with Crippen LogP contribution < -0.4 is 5.32 Å². The van der Waals surface area contributed by atoms with Gasteiger partial charge in [-0.25, -0.2) is 4.98 Å². The number of pyridine rings is 1. The van der Waals surface area contributed by atoms with Gasteiger partial charge < -0.3 is 9.72 Å². The second-order valence-corrected chi connectivity index (χ2v) is 5.14. The summed E-state index contributed by atoms with van der Waals surface area (Å²) in [5.74, 6) is 0. The molecule has 2 heterocycles. The van der Waals surface area contributed by atoms with Crippen LogP contribution in [0.5, 0.6) is 0 Å². The lowest BCUT2D eigenvalue weighted by Gasteiger charge is -2.08. The van der Waals surface area contributed by atoms with E-state index < -0.39 is 0 Å². The molecule has 1 aromatic carbocycles. The highest BCUT2D eigenvalue weighted by atomic mass is 35.5. The third kappa shape index (κ3) is 2.56. The molecule has 0 unspecified atom stereocenters. The van der Waals surface area contributed by atoms with E-state index in [4.69, 9.17) is 16.9 Å². The van der Waals surface area contributed by atoms with Gasteiger partial charge in [0.15, 0.2) is 0 Å². The zero-order valence-corrected chi connectivity index (χ0v) is 12.2. The van der Waals surface area contributed by atoms with Crippen molar-refractivity contribution in [2.75, 3.05) is 5.32 Å². The highest BCUT2D eigenvalue weighted by Crippen LogP contribution is 2.21. The van der Waals surface area contributed by atoms with Crippen LogP contribution in [-0.4, -0.2) is 9.38 Å². The quantitative estimate of drug-likeness (QED) is 0.800. The van der Waals surface area contributed by atoms with Crippen molar-refractivity contribution in [1.29, 1.82) is 5.26 Å². The van der Waals surface area contributed by atoms with Gasteiger partial charge in [-0.2, -0.15) is 5.26 Å². The molecule has 0 aliphatic heterocycles. The Morgan fingerprint density at radius 1 is 1.33 bits per heavy atom. The lowest BCUT2D eigenvalue weighted by Crippen LogP contribution is -2.04. The van der Waals surface area contributed by atoms with E-state index in [1.54, 1.807) is 12.1 Å². The van der Waals surface area contributed by atoms with Crippen LogP contribution in [0.2, 0.25) is 5.02 Å². The van der Waals surface area contributed by atoms with E-state index in [0.717, 1.165) is 22.7 Å². The lowest BCUT2D eigenvalue weighted by atomic mass is 10.2. The summed E-state index contributed by atoms with van der Waals surface area (Å²) in [5.41, 5.74) is 4.39. The van der Waals surface area contributed by atoms with Gasteiger partial charge in [-0.1, -0.05) is 17.7 Å². The topological polar surface area (TPSA) is 53.1 Å². The maximum atomic E-state index is 8.88. The summed E-state index contributed by atoms with van der Waals surface area (Å²) in [5, 5.41) is 12.7. The third-order valence-corrected chi connectivity index (χ3v) is 3.69. The molecule has 0 saturated carbocycles. The number of imidazole rings is 1. The highest BCUT2D eigenvalue weighted by molar-refractivity contribution is 6.32. The van der Waals surface area contributed by atoms with Gasteiger partial charge in [-0.15, -0.1) is 0 Å². The van der Waals surface area contributed by atoms with Gasteiger partial charge in [0.1, 0.15) is 11.7 Å². The summed E-state index contributed by atoms with van der Waals surface area (Å²) in [7, 11) is 0. The van der Waals surface area contributed by atoms with E-state index in [9.17, 15) is 0 Å². The van der Waals surface area contributed by atoms with Crippen molar-refractivity contribution in [3.8, 4) is 6.07 Å². The fourth-order valence-electron chi connectivity index (χ4n) is 2.28. The number of nitrogens with zero attached hydrogens (tertiary/aromatic N) is 3. The van der Waals surface area contributed by atoms with Crippen molar-refractivity contribution in [3.63, 3.8) is 0 Å². The molecule has 0 bridgehead atoms. The standard InChI is InChI=1S/C16H13ClN4/c1-11-15(21-7-3-2-4-16(21)20-11)10-19-13-6-5-12(9-18)14(17)8-13/h2-8,19H,10H2,1H3. The first-order chi connectivity index (χ1) is 10.2. The molecule has 1 N–H and O–H groups in total. The van der Waals surface area contributed by atoms with Crippen LogP contribution in [0.25, 0.3) is 5.65 Å². The number of nitrogens with one attached hydrogen (secondary N) is 1. The maximum absolute atomic E-state index is 8.88. The number of hydrogen-bond donors (Lipinski definition) is 1. The molecular weight excluding hydrogens is 284 g/mol. The first kappa shape index (κ1) is 13.5. The van der Waals surface area contributed by atoms with Gasteiger partial charge >= 0.3 is 0 Å². The minimum absolute atomic E-state index is 0.456. The largest absolute Gasteiger partial charge is 0.379 e. The molecule has 0 atom stereocenters. The van der Waals surface area contributed by atoms with Gasteiger partial charge in [0.05, 0.1) is 28.5 Å². The van der Waals surface area contributed by atoms with E-state index >= 15 is 0 Å². The van der Waals surface area contributed by atoms with Crippen LogP contribution in [0, 0.1) is 18.3 Å². The molecular formula is C16H13ClN4. The molecule has 0 fully saturated rings. The van der Waals surface area contributed by atoms with Crippen LogP contribution in [0.3, 0.4) is 0 Å². The highest BCUT2D eigenvalue weighted by Gasteiger charge is 2.08. The molecule has 0 spiro atoms. The zero-order chi connectivity index (χ0) is 14.8. The monoisotopic (exact) mass is 296 g/mol. The van der Waals surface area contributed by atoms with Crippen LogP contribution in [0.4, 0.5) is 5.69 Å². The van der Waals surface area contributed by atoms with Crippen LogP contribution in [-0.2, 0) is 6.54 Å². The Morgan fingerprint density at radius 2 is 2.19 bits per heavy atom. The Bertz CT molecular complexity index is 845. The predicted octanol–water partition coefficient (Wildman–Crippen LogP) is 3.78. The molecule has 0 saturated heterocycles. The van der Waals surface area contributed by atoms with Crippen molar-refractivity contribution >= 4 is 22.9 Å². The van der Waals surface area contributed by atoms with Crippen LogP contribution in [0.1, 0.15) is 17.0 Å². The van der Waals surface area contributed by atoms with Gasteiger partial charge in [-0.3, -0.25) is 0 Å². The van der Waals surface area contributed by atoms with Crippen molar-refractivity contribution in [2.24, 2.45) is 0 Å². The van der Waals surface area contributed by atoms with Crippen LogP contribution in [0.15, 0.2) is 42.6 Å². The second kappa shape index (κ2) is 5.47. The van der Waals surface area contributed by atoms with Crippen molar-refractivity contribution < 1.29 is 0 Å². The van der Waals surface area contributed by atoms with E-state index in [1.807, 2.05) is 37.4 Å². The molecule has 0 aliphatic rings. The molecule has 3 aromatic rings. The number of hydrogen-bond acceptors (Lipinski definition) is 3. The number of benzene rings is 1. The Hall–Kier alpha value is -2.51. The number of halogens is 1. The number of aromatic nitrogens is 2. The number of rotatable bonds is 3. The van der Waals surface area contributed by atoms with Gasteiger partial charge in [-0.05, 0) is 37.3 Å².